The zero-order valence-corrected chi connectivity index (χ0v) is 15.1. The number of hydrogen-bond acceptors (Lipinski definition) is 5. The van der Waals surface area contributed by atoms with Crippen molar-refractivity contribution in [3.05, 3.63) is 54.0 Å². The Hall–Kier alpha value is -2.68. The van der Waals surface area contributed by atoms with E-state index in [4.69, 9.17) is 0 Å². The van der Waals surface area contributed by atoms with E-state index in [-0.39, 0.29) is 17.5 Å². The molecule has 0 spiro atoms. The zero-order chi connectivity index (χ0) is 19.7. The molecule has 0 atom stereocenters. The maximum atomic E-state index is 12.6. The van der Waals surface area contributed by atoms with Gasteiger partial charge in [-0.05, 0) is 24.3 Å². The lowest BCUT2D eigenvalue weighted by atomic mass is 10.0. The summed E-state index contributed by atoms with van der Waals surface area (Å²) >= 11 is 0. The van der Waals surface area contributed by atoms with Gasteiger partial charge in [-0.15, -0.1) is 0 Å². The van der Waals surface area contributed by atoms with Crippen LogP contribution >= 0.6 is 0 Å². The largest absolute Gasteiger partial charge is 0.433 e. The van der Waals surface area contributed by atoms with E-state index in [1.54, 1.807) is 11.1 Å². The first-order valence-electron chi connectivity index (χ1n) is 9.14. The number of halogens is 3. The number of anilines is 1. The maximum absolute atomic E-state index is 12.6. The molecule has 28 heavy (non-hydrogen) atoms. The second kappa shape index (κ2) is 7.38. The van der Waals surface area contributed by atoms with Gasteiger partial charge >= 0.3 is 6.18 Å². The lowest BCUT2D eigenvalue weighted by Crippen LogP contribution is -2.64. The lowest BCUT2D eigenvalue weighted by molar-refractivity contribution is -0.141. The lowest BCUT2D eigenvalue weighted by Gasteiger charge is -2.48. The molecule has 6 nitrogen and oxygen atoms in total. The van der Waals surface area contributed by atoms with Crippen LogP contribution in [0.3, 0.4) is 0 Å². The van der Waals surface area contributed by atoms with Crippen molar-refractivity contribution >= 4 is 11.7 Å². The minimum absolute atomic E-state index is 0.187. The topological polar surface area (TPSA) is 52.6 Å². The molecule has 0 saturated carbocycles. The fourth-order valence-electron chi connectivity index (χ4n) is 3.58. The van der Waals surface area contributed by atoms with Crippen LogP contribution in [0.5, 0.6) is 0 Å². The molecule has 4 heterocycles. The second-order valence-electron chi connectivity index (χ2n) is 7.00. The highest BCUT2D eigenvalue weighted by atomic mass is 19.4. The van der Waals surface area contributed by atoms with Gasteiger partial charge in [0.1, 0.15) is 11.5 Å². The van der Waals surface area contributed by atoms with E-state index in [1.165, 1.54) is 6.07 Å². The molecule has 148 valence electrons. The van der Waals surface area contributed by atoms with Crippen LogP contribution in [-0.4, -0.2) is 71.0 Å². The van der Waals surface area contributed by atoms with Crippen molar-refractivity contribution in [1.29, 1.82) is 0 Å². The Kier molecular flexibility index (Phi) is 4.92. The molecule has 0 bridgehead atoms. The molecule has 1 amide bonds. The Morgan fingerprint density at radius 1 is 1.00 bits per heavy atom. The molecular weight excluding hydrogens is 371 g/mol. The minimum Gasteiger partial charge on any atom is -0.354 e. The third-order valence-corrected chi connectivity index (χ3v) is 5.25. The summed E-state index contributed by atoms with van der Waals surface area (Å²) in [4.78, 5) is 26.4. The average Bonchev–Trinajstić information content (AvgIpc) is 2.67. The average molecular weight is 391 g/mol. The summed E-state index contributed by atoms with van der Waals surface area (Å²) in [5, 5.41) is 0. The highest BCUT2D eigenvalue weighted by Crippen LogP contribution is 2.28. The molecule has 0 radical (unpaired) electrons. The number of alkyl halides is 3. The van der Waals surface area contributed by atoms with Crippen LogP contribution in [0.25, 0.3) is 0 Å². The van der Waals surface area contributed by atoms with Gasteiger partial charge in [-0.2, -0.15) is 13.2 Å². The van der Waals surface area contributed by atoms with Crippen molar-refractivity contribution in [3.8, 4) is 0 Å². The molecule has 0 aliphatic carbocycles. The Morgan fingerprint density at radius 2 is 1.75 bits per heavy atom. The van der Waals surface area contributed by atoms with Gasteiger partial charge < -0.3 is 9.80 Å². The van der Waals surface area contributed by atoms with Crippen LogP contribution in [0.1, 0.15) is 16.1 Å². The number of aromatic nitrogens is 2. The van der Waals surface area contributed by atoms with E-state index in [9.17, 15) is 18.0 Å². The fourth-order valence-corrected chi connectivity index (χ4v) is 3.58. The molecule has 2 fully saturated rings. The minimum atomic E-state index is -4.50. The zero-order valence-electron chi connectivity index (χ0n) is 15.1. The fraction of sp³-hybridized carbons (Fsp3) is 0.421. The van der Waals surface area contributed by atoms with Crippen molar-refractivity contribution in [1.82, 2.24) is 19.8 Å². The molecule has 0 unspecified atom stereocenters. The van der Waals surface area contributed by atoms with Crippen molar-refractivity contribution in [2.45, 2.75) is 12.2 Å². The second-order valence-corrected chi connectivity index (χ2v) is 7.00. The van der Waals surface area contributed by atoms with Crippen molar-refractivity contribution in [3.63, 3.8) is 0 Å². The quantitative estimate of drug-likeness (QED) is 0.803. The summed E-state index contributed by atoms with van der Waals surface area (Å²) in [5.74, 6) is 0.701. The van der Waals surface area contributed by atoms with Crippen LogP contribution in [-0.2, 0) is 6.18 Å². The first-order chi connectivity index (χ1) is 13.4. The van der Waals surface area contributed by atoms with Crippen LogP contribution in [0, 0.1) is 0 Å². The van der Waals surface area contributed by atoms with Gasteiger partial charge in [0.25, 0.3) is 5.91 Å². The molecule has 2 aromatic rings. The summed E-state index contributed by atoms with van der Waals surface area (Å²) < 4.78 is 37.7. The highest BCUT2D eigenvalue weighted by Gasteiger charge is 2.37. The molecule has 4 rings (SSSR count). The number of pyridine rings is 2. The van der Waals surface area contributed by atoms with Crippen molar-refractivity contribution in [2.24, 2.45) is 0 Å². The van der Waals surface area contributed by atoms with Gasteiger partial charge in [0.15, 0.2) is 0 Å². The molecule has 2 aromatic heterocycles. The molecule has 9 heteroatoms. The van der Waals surface area contributed by atoms with Crippen LogP contribution in [0.4, 0.5) is 19.0 Å². The van der Waals surface area contributed by atoms with Gasteiger partial charge in [-0.1, -0.05) is 6.07 Å². The first-order valence-corrected chi connectivity index (χ1v) is 9.14. The van der Waals surface area contributed by atoms with E-state index in [0.29, 0.717) is 13.1 Å². The Morgan fingerprint density at radius 3 is 2.32 bits per heavy atom. The summed E-state index contributed by atoms with van der Waals surface area (Å²) in [6, 6.07) is 8.19. The number of nitrogens with zero attached hydrogens (tertiary/aromatic N) is 5. The maximum Gasteiger partial charge on any atom is 0.433 e. The predicted molar refractivity (Wildman–Crippen MR) is 97.0 cm³/mol. The third-order valence-electron chi connectivity index (χ3n) is 5.25. The predicted octanol–water partition coefficient (Wildman–Crippen LogP) is 2.14. The van der Waals surface area contributed by atoms with E-state index >= 15 is 0 Å². The van der Waals surface area contributed by atoms with E-state index in [0.717, 1.165) is 44.3 Å². The Balaban J connectivity index is 1.27. The van der Waals surface area contributed by atoms with Crippen molar-refractivity contribution in [2.75, 3.05) is 44.2 Å². The molecule has 2 saturated heterocycles. The highest BCUT2D eigenvalue weighted by molar-refractivity contribution is 5.94. The van der Waals surface area contributed by atoms with Gasteiger partial charge in [0.2, 0.25) is 0 Å². The number of rotatable bonds is 3. The number of amides is 1. The van der Waals surface area contributed by atoms with Gasteiger partial charge in [0.05, 0.1) is 5.56 Å². The van der Waals surface area contributed by atoms with Gasteiger partial charge in [0, 0.05) is 57.7 Å². The normalized spacial score (nSPS) is 18.8. The number of carbonyl (C=O) groups excluding carboxylic acids is 1. The van der Waals surface area contributed by atoms with Crippen molar-refractivity contribution < 1.29 is 18.0 Å². The smallest absolute Gasteiger partial charge is 0.354 e. The van der Waals surface area contributed by atoms with E-state index in [2.05, 4.69) is 19.8 Å². The molecule has 2 aliphatic rings. The summed E-state index contributed by atoms with van der Waals surface area (Å²) in [5.41, 5.74) is -0.803. The van der Waals surface area contributed by atoms with Gasteiger partial charge in [-0.3, -0.25) is 14.7 Å². The summed E-state index contributed by atoms with van der Waals surface area (Å²) in [6.07, 6.45) is -1.71. The number of piperazine rings is 1. The summed E-state index contributed by atoms with van der Waals surface area (Å²) in [6.45, 7) is 4.72. The standard InChI is InChI=1S/C19H20F3N5O/c20-19(21,22)16-5-4-14(11-24-16)18(28)27-12-15(13-27)25-7-9-26(10-8-25)17-3-1-2-6-23-17/h1-6,11,15H,7-10,12-13H2. The van der Waals surface area contributed by atoms with Gasteiger partial charge in [-0.25, -0.2) is 4.98 Å². The Labute approximate surface area is 160 Å². The molecule has 2 aliphatic heterocycles. The first kappa shape index (κ1) is 18.7. The van der Waals surface area contributed by atoms with Crippen LogP contribution in [0.15, 0.2) is 42.7 Å². The molecule has 0 N–H and O–H groups in total. The van der Waals surface area contributed by atoms with Crippen LogP contribution in [0.2, 0.25) is 0 Å². The Bertz CT molecular complexity index is 814. The number of carbonyl (C=O) groups is 1. The van der Waals surface area contributed by atoms with E-state index in [1.807, 2.05) is 18.2 Å². The SMILES string of the molecule is O=C(c1ccc(C(F)(F)F)nc1)N1CC(N2CCN(c3ccccn3)CC2)C1. The monoisotopic (exact) mass is 391 g/mol. The number of likely N-dealkylation sites (tertiary alicyclic amines) is 1. The third kappa shape index (κ3) is 3.80. The van der Waals surface area contributed by atoms with Crippen LogP contribution < -0.4 is 4.90 Å². The van der Waals surface area contributed by atoms with E-state index < -0.39 is 11.9 Å². The molecular formula is C19H20F3N5O. The number of hydrogen-bond donors (Lipinski definition) is 0. The molecule has 0 aromatic carbocycles. The summed E-state index contributed by atoms with van der Waals surface area (Å²) in [7, 11) is 0.